The van der Waals surface area contributed by atoms with Crippen LogP contribution in [0.3, 0.4) is 0 Å². The highest BCUT2D eigenvalue weighted by Gasteiger charge is 2.18. The van der Waals surface area contributed by atoms with Crippen molar-refractivity contribution >= 4 is 11.9 Å². The number of carbonyl (C=O) groups excluding carboxylic acids is 1. The molecule has 1 aromatic carbocycles. The van der Waals surface area contributed by atoms with Crippen molar-refractivity contribution in [2.75, 3.05) is 0 Å². The first-order valence-corrected chi connectivity index (χ1v) is 8.15. The average Bonchev–Trinajstić information content (AvgIpc) is 3.47. The zero-order valence-corrected chi connectivity index (χ0v) is 14.1. The van der Waals surface area contributed by atoms with Crippen LogP contribution in [0.1, 0.15) is 16.1 Å². The number of hydrogen-bond acceptors (Lipinski definition) is 5. The van der Waals surface area contributed by atoms with Crippen molar-refractivity contribution in [3.05, 3.63) is 90.2 Å². The molecule has 6 heteroatoms. The fourth-order valence-corrected chi connectivity index (χ4v) is 2.66. The van der Waals surface area contributed by atoms with Crippen LogP contribution in [0.2, 0.25) is 0 Å². The lowest BCUT2D eigenvalue weighted by Gasteiger charge is -1.98. The maximum atomic E-state index is 12.5. The maximum absolute atomic E-state index is 12.5. The van der Waals surface area contributed by atoms with Gasteiger partial charge in [0.1, 0.15) is 17.3 Å². The summed E-state index contributed by atoms with van der Waals surface area (Å²) in [5.74, 6) is 0.164. The number of para-hydroxylation sites is 1. The van der Waals surface area contributed by atoms with Gasteiger partial charge in [-0.3, -0.25) is 4.79 Å². The number of ketones is 1. The molecule has 0 saturated carbocycles. The minimum Gasteiger partial charge on any atom is -0.463 e. The Bertz CT molecular complexity index is 1130. The fourth-order valence-electron chi connectivity index (χ4n) is 2.66. The van der Waals surface area contributed by atoms with E-state index in [0.717, 1.165) is 5.69 Å². The first-order valence-electron chi connectivity index (χ1n) is 8.15. The number of benzene rings is 1. The van der Waals surface area contributed by atoms with Crippen molar-refractivity contribution in [2.45, 2.75) is 0 Å². The zero-order valence-electron chi connectivity index (χ0n) is 14.1. The molecule has 0 radical (unpaired) electrons. The normalized spacial score (nSPS) is 11.3. The molecule has 0 atom stereocenters. The van der Waals surface area contributed by atoms with Crippen LogP contribution in [0.25, 0.3) is 23.2 Å². The molecular weight excluding hydrogens is 342 g/mol. The van der Waals surface area contributed by atoms with Gasteiger partial charge < -0.3 is 8.83 Å². The number of aromatic nitrogens is 2. The van der Waals surface area contributed by atoms with Gasteiger partial charge in [-0.2, -0.15) is 10.4 Å². The van der Waals surface area contributed by atoms with Crippen LogP contribution in [0, 0.1) is 11.3 Å². The lowest BCUT2D eigenvalue weighted by molar-refractivity contribution is 0.101. The van der Waals surface area contributed by atoms with E-state index in [1.807, 2.05) is 36.4 Å². The number of allylic oxidation sites excluding steroid dienone is 1. The van der Waals surface area contributed by atoms with Gasteiger partial charge in [0, 0.05) is 11.8 Å². The quantitative estimate of drug-likeness (QED) is 0.299. The second kappa shape index (κ2) is 7.02. The molecule has 0 N–H and O–H groups in total. The van der Waals surface area contributed by atoms with Gasteiger partial charge in [-0.25, -0.2) is 4.68 Å². The number of hydrogen-bond donors (Lipinski definition) is 0. The van der Waals surface area contributed by atoms with Gasteiger partial charge >= 0.3 is 0 Å². The molecule has 0 spiro atoms. The Labute approximate surface area is 154 Å². The lowest BCUT2D eigenvalue weighted by Crippen LogP contribution is -2.00. The number of nitrogens with zero attached hydrogens (tertiary/aromatic N) is 3. The van der Waals surface area contributed by atoms with Gasteiger partial charge in [0.25, 0.3) is 0 Å². The van der Waals surface area contributed by atoms with Gasteiger partial charge in [-0.05, 0) is 42.5 Å². The van der Waals surface area contributed by atoms with E-state index in [9.17, 15) is 10.1 Å². The molecule has 0 unspecified atom stereocenters. The molecule has 3 aromatic heterocycles. The summed E-state index contributed by atoms with van der Waals surface area (Å²) < 4.78 is 12.3. The van der Waals surface area contributed by atoms with E-state index in [1.54, 1.807) is 35.3 Å². The SMILES string of the molecule is N#C/C(=C\c1cn(-c2ccccc2)nc1-c1ccco1)C(=O)c1ccco1. The number of furan rings is 2. The van der Waals surface area contributed by atoms with Gasteiger partial charge in [0.15, 0.2) is 11.5 Å². The number of nitriles is 1. The third kappa shape index (κ3) is 3.22. The topological polar surface area (TPSA) is 85.0 Å². The summed E-state index contributed by atoms with van der Waals surface area (Å²) in [6.45, 7) is 0. The van der Waals surface area contributed by atoms with E-state index >= 15 is 0 Å². The number of rotatable bonds is 5. The molecule has 4 aromatic rings. The van der Waals surface area contributed by atoms with Crippen molar-refractivity contribution in [1.82, 2.24) is 9.78 Å². The number of carbonyl (C=O) groups is 1. The molecule has 0 fully saturated rings. The molecule has 4 rings (SSSR count). The van der Waals surface area contributed by atoms with Gasteiger partial charge in [0.2, 0.25) is 5.78 Å². The summed E-state index contributed by atoms with van der Waals surface area (Å²) >= 11 is 0. The summed E-state index contributed by atoms with van der Waals surface area (Å²) in [6.07, 6.45) is 6.18. The van der Waals surface area contributed by atoms with Crippen LogP contribution < -0.4 is 0 Å². The van der Waals surface area contributed by atoms with E-state index in [-0.39, 0.29) is 11.3 Å². The van der Waals surface area contributed by atoms with Crippen LogP contribution in [0.4, 0.5) is 0 Å². The van der Waals surface area contributed by atoms with E-state index < -0.39 is 5.78 Å². The Morgan fingerprint density at radius 1 is 1.04 bits per heavy atom. The highest BCUT2D eigenvalue weighted by Crippen LogP contribution is 2.26. The Balaban J connectivity index is 1.82. The zero-order chi connectivity index (χ0) is 18.6. The minimum absolute atomic E-state index is 0.0506. The highest BCUT2D eigenvalue weighted by molar-refractivity contribution is 6.12. The summed E-state index contributed by atoms with van der Waals surface area (Å²) in [7, 11) is 0. The Kier molecular flexibility index (Phi) is 4.25. The summed E-state index contributed by atoms with van der Waals surface area (Å²) in [4.78, 5) is 12.5. The number of Topliss-reactive ketones (excluding diaryl/α,β-unsaturated/α-hetero) is 1. The summed E-state index contributed by atoms with van der Waals surface area (Å²) in [5.41, 5.74) is 1.92. The Morgan fingerprint density at radius 3 is 2.48 bits per heavy atom. The third-order valence-corrected chi connectivity index (χ3v) is 3.93. The van der Waals surface area contributed by atoms with E-state index in [1.165, 1.54) is 18.4 Å². The predicted molar refractivity (Wildman–Crippen MR) is 97.9 cm³/mol. The predicted octanol–water partition coefficient (Wildman–Crippen LogP) is 4.52. The maximum Gasteiger partial charge on any atom is 0.238 e. The second-order valence-electron chi connectivity index (χ2n) is 5.67. The molecule has 0 bridgehead atoms. The molecule has 0 aliphatic heterocycles. The van der Waals surface area contributed by atoms with Crippen molar-refractivity contribution < 1.29 is 13.6 Å². The second-order valence-corrected chi connectivity index (χ2v) is 5.67. The first kappa shape index (κ1) is 16.4. The van der Waals surface area contributed by atoms with E-state index in [4.69, 9.17) is 8.83 Å². The smallest absolute Gasteiger partial charge is 0.238 e. The van der Waals surface area contributed by atoms with Crippen molar-refractivity contribution in [3.8, 4) is 23.2 Å². The van der Waals surface area contributed by atoms with Crippen molar-refractivity contribution in [3.63, 3.8) is 0 Å². The van der Waals surface area contributed by atoms with Crippen LogP contribution in [0.5, 0.6) is 0 Å². The lowest BCUT2D eigenvalue weighted by atomic mass is 10.1. The molecular formula is C21H13N3O3. The molecule has 3 heterocycles. The van der Waals surface area contributed by atoms with Gasteiger partial charge in [0.05, 0.1) is 18.2 Å². The van der Waals surface area contributed by atoms with Crippen molar-refractivity contribution in [2.24, 2.45) is 0 Å². The molecule has 6 nitrogen and oxygen atoms in total. The fraction of sp³-hybridized carbons (Fsp3) is 0. The monoisotopic (exact) mass is 355 g/mol. The van der Waals surface area contributed by atoms with Crippen LogP contribution >= 0.6 is 0 Å². The standard InChI is InChI=1S/C21H13N3O3/c22-13-15(21(25)19-9-5-11-27-19)12-16-14-24(17-6-2-1-3-7-17)23-20(16)18-8-4-10-26-18/h1-12,14H/b15-12+. The Hall–Kier alpha value is -4.11. The molecule has 0 aliphatic carbocycles. The first-order chi connectivity index (χ1) is 13.3. The average molecular weight is 355 g/mol. The third-order valence-electron chi connectivity index (χ3n) is 3.93. The van der Waals surface area contributed by atoms with Gasteiger partial charge in [-0.1, -0.05) is 18.2 Å². The Morgan fingerprint density at radius 2 is 1.81 bits per heavy atom. The van der Waals surface area contributed by atoms with Crippen LogP contribution in [0.15, 0.2) is 87.7 Å². The summed E-state index contributed by atoms with van der Waals surface area (Å²) in [5, 5.41) is 14.0. The molecule has 0 saturated heterocycles. The highest BCUT2D eigenvalue weighted by atomic mass is 16.3. The molecule has 0 aliphatic rings. The van der Waals surface area contributed by atoms with E-state index in [0.29, 0.717) is 17.0 Å². The minimum atomic E-state index is -0.486. The van der Waals surface area contributed by atoms with E-state index in [2.05, 4.69) is 5.10 Å². The molecule has 0 amide bonds. The molecule has 130 valence electrons. The largest absolute Gasteiger partial charge is 0.463 e. The van der Waals surface area contributed by atoms with Crippen LogP contribution in [-0.2, 0) is 0 Å². The summed E-state index contributed by atoms with van der Waals surface area (Å²) in [6, 6.07) is 18.1. The van der Waals surface area contributed by atoms with Crippen molar-refractivity contribution in [1.29, 1.82) is 5.26 Å². The van der Waals surface area contributed by atoms with Crippen LogP contribution in [-0.4, -0.2) is 15.6 Å². The molecule has 27 heavy (non-hydrogen) atoms. The van der Waals surface area contributed by atoms with Gasteiger partial charge in [-0.15, -0.1) is 0 Å².